The number of carbonyl (C=O) groups excluding carboxylic acids is 2. The molecule has 170 valence electrons. The van der Waals surface area contributed by atoms with Crippen LogP contribution in [0.3, 0.4) is 0 Å². The number of ether oxygens (including phenoxy) is 1. The van der Waals surface area contributed by atoms with Gasteiger partial charge < -0.3 is 20.5 Å². The van der Waals surface area contributed by atoms with E-state index in [1.54, 1.807) is 43.4 Å². The highest BCUT2D eigenvalue weighted by molar-refractivity contribution is 5.98. The van der Waals surface area contributed by atoms with Crippen molar-refractivity contribution in [2.24, 2.45) is 11.8 Å². The number of carboxylic acids is 1. The van der Waals surface area contributed by atoms with Gasteiger partial charge in [0.2, 0.25) is 5.91 Å². The number of hydrogen-bond donors (Lipinski definition) is 3. The Labute approximate surface area is 191 Å². The Morgan fingerprint density at radius 1 is 1.24 bits per heavy atom. The minimum Gasteiger partial charge on any atom is -0.492 e. The Bertz CT molecular complexity index is 1190. The quantitative estimate of drug-likeness (QED) is 0.599. The molecule has 1 aliphatic carbocycles. The zero-order valence-corrected chi connectivity index (χ0v) is 18.5. The third-order valence-electron chi connectivity index (χ3n) is 6.81. The number of amides is 2. The van der Waals surface area contributed by atoms with E-state index in [4.69, 9.17) is 9.84 Å². The summed E-state index contributed by atoms with van der Waals surface area (Å²) in [7, 11) is 1.57. The number of carbonyl (C=O) groups is 3. The molecule has 33 heavy (non-hydrogen) atoms. The van der Waals surface area contributed by atoms with Gasteiger partial charge in [0.05, 0.1) is 24.2 Å². The first-order valence-corrected chi connectivity index (χ1v) is 10.9. The zero-order valence-electron chi connectivity index (χ0n) is 18.5. The molecule has 0 unspecified atom stereocenters. The number of fused-ring (bicyclic) bond motifs is 2. The Balaban J connectivity index is 1.57. The second kappa shape index (κ2) is 8.58. The summed E-state index contributed by atoms with van der Waals surface area (Å²) < 4.78 is 5.87. The number of aryl methyl sites for hydroxylation is 1. The molecule has 8 heteroatoms. The van der Waals surface area contributed by atoms with Gasteiger partial charge in [-0.3, -0.25) is 14.4 Å². The third kappa shape index (κ3) is 3.91. The number of nitrogens with one attached hydrogen (secondary N) is 2. The van der Waals surface area contributed by atoms with E-state index < -0.39 is 11.4 Å². The molecule has 8 nitrogen and oxygen atoms in total. The van der Waals surface area contributed by atoms with Crippen LogP contribution >= 0.6 is 0 Å². The van der Waals surface area contributed by atoms with E-state index >= 15 is 0 Å². The molecule has 0 aromatic heterocycles. The number of hydrogen-bond acceptors (Lipinski definition) is 5. The molecule has 2 aromatic rings. The van der Waals surface area contributed by atoms with Crippen molar-refractivity contribution in [3.05, 3.63) is 58.7 Å². The molecule has 4 rings (SSSR count). The van der Waals surface area contributed by atoms with Gasteiger partial charge in [-0.2, -0.15) is 5.26 Å². The van der Waals surface area contributed by atoms with Crippen LogP contribution in [0.1, 0.15) is 46.8 Å². The van der Waals surface area contributed by atoms with Gasteiger partial charge in [-0.1, -0.05) is 13.0 Å². The Morgan fingerprint density at radius 3 is 2.73 bits per heavy atom. The van der Waals surface area contributed by atoms with Gasteiger partial charge >= 0.3 is 5.97 Å². The zero-order chi connectivity index (χ0) is 23.8. The maximum absolute atomic E-state index is 13.3. The molecule has 0 radical (unpaired) electrons. The van der Waals surface area contributed by atoms with Crippen LogP contribution in [0.15, 0.2) is 36.4 Å². The number of nitriles is 1. The summed E-state index contributed by atoms with van der Waals surface area (Å²) in [6, 6.07) is 12.4. The molecular formula is C25H25N3O5. The number of rotatable bonds is 7. The van der Waals surface area contributed by atoms with Crippen molar-refractivity contribution in [1.29, 1.82) is 5.26 Å². The number of aliphatic carboxylic acids is 1. The largest absolute Gasteiger partial charge is 0.492 e. The van der Waals surface area contributed by atoms with E-state index in [0.717, 1.165) is 11.1 Å². The fraction of sp³-hybridized carbons (Fsp3) is 0.360. The molecule has 1 spiro atoms. The van der Waals surface area contributed by atoms with Crippen molar-refractivity contribution in [3.63, 3.8) is 0 Å². The topological polar surface area (TPSA) is 129 Å². The highest BCUT2D eigenvalue weighted by Gasteiger charge is 2.69. The fourth-order valence-corrected chi connectivity index (χ4v) is 4.93. The Kier molecular flexibility index (Phi) is 5.81. The predicted octanol–water partition coefficient (Wildman–Crippen LogP) is 2.86. The highest BCUT2D eigenvalue weighted by Crippen LogP contribution is 2.64. The molecule has 1 saturated carbocycles. The average Bonchev–Trinajstić information content (AvgIpc) is 3.22. The van der Waals surface area contributed by atoms with Gasteiger partial charge in [0, 0.05) is 35.7 Å². The number of anilines is 1. The molecule has 1 aliphatic heterocycles. The number of benzene rings is 2. The van der Waals surface area contributed by atoms with Gasteiger partial charge in [0.25, 0.3) is 5.91 Å². The highest BCUT2D eigenvalue weighted by atomic mass is 16.5. The lowest BCUT2D eigenvalue weighted by Crippen LogP contribution is -2.23. The molecule has 2 aromatic carbocycles. The van der Waals surface area contributed by atoms with E-state index in [0.29, 0.717) is 42.0 Å². The molecular weight excluding hydrogens is 422 g/mol. The van der Waals surface area contributed by atoms with Crippen LogP contribution in [0.5, 0.6) is 5.75 Å². The first-order valence-electron chi connectivity index (χ1n) is 10.9. The van der Waals surface area contributed by atoms with Gasteiger partial charge in [-0.25, -0.2) is 0 Å². The van der Waals surface area contributed by atoms with Gasteiger partial charge in [0.15, 0.2) is 0 Å². The molecule has 0 saturated heterocycles. The van der Waals surface area contributed by atoms with Crippen LogP contribution in [0, 0.1) is 23.2 Å². The summed E-state index contributed by atoms with van der Waals surface area (Å²) in [5, 5.41) is 23.8. The Hall–Kier alpha value is -3.86. The van der Waals surface area contributed by atoms with E-state index in [1.165, 1.54) is 0 Å². The van der Waals surface area contributed by atoms with Crippen LogP contribution in [0.2, 0.25) is 0 Å². The van der Waals surface area contributed by atoms with Gasteiger partial charge in [0.1, 0.15) is 5.75 Å². The minimum absolute atomic E-state index is 0.00768. The monoisotopic (exact) mass is 447 g/mol. The second-order valence-corrected chi connectivity index (χ2v) is 8.61. The lowest BCUT2D eigenvalue weighted by molar-refractivity contribution is -0.137. The first-order chi connectivity index (χ1) is 15.8. The molecule has 2 amide bonds. The summed E-state index contributed by atoms with van der Waals surface area (Å²) >= 11 is 0. The lowest BCUT2D eigenvalue weighted by Gasteiger charge is -2.13. The van der Waals surface area contributed by atoms with Crippen molar-refractivity contribution in [2.75, 3.05) is 19.0 Å². The van der Waals surface area contributed by atoms with Gasteiger partial charge in [-0.05, 0) is 54.7 Å². The van der Waals surface area contributed by atoms with E-state index in [-0.39, 0.29) is 30.1 Å². The minimum atomic E-state index is -0.876. The predicted molar refractivity (Wildman–Crippen MR) is 120 cm³/mol. The average molecular weight is 447 g/mol. The van der Waals surface area contributed by atoms with Crippen molar-refractivity contribution in [3.8, 4) is 11.8 Å². The van der Waals surface area contributed by atoms with Crippen LogP contribution < -0.4 is 15.4 Å². The molecule has 3 N–H and O–H groups in total. The fourth-order valence-electron chi connectivity index (χ4n) is 4.93. The normalized spacial score (nSPS) is 22.1. The maximum atomic E-state index is 13.3. The molecule has 1 heterocycles. The number of nitrogens with zero attached hydrogens (tertiary/aromatic N) is 1. The van der Waals surface area contributed by atoms with E-state index in [1.807, 2.05) is 6.92 Å². The van der Waals surface area contributed by atoms with Crippen LogP contribution in [0.4, 0.5) is 5.69 Å². The van der Waals surface area contributed by atoms with Crippen LogP contribution in [-0.2, 0) is 21.4 Å². The Morgan fingerprint density at radius 2 is 2.03 bits per heavy atom. The van der Waals surface area contributed by atoms with E-state index in [2.05, 4.69) is 16.7 Å². The summed E-state index contributed by atoms with van der Waals surface area (Å²) in [5.41, 5.74) is 2.61. The molecule has 2 aliphatic rings. The summed E-state index contributed by atoms with van der Waals surface area (Å²) in [6.45, 7) is 2.36. The van der Waals surface area contributed by atoms with Crippen molar-refractivity contribution >= 4 is 23.5 Å². The SMILES string of the molecule is CNC(=O)c1ccc2c(c1)[C@@]1(CO2)[C@H](C(=O)Nc2cc(C#N)ccc2CCCC(=O)O)[C@@H]1C. The van der Waals surface area contributed by atoms with Crippen molar-refractivity contribution in [1.82, 2.24) is 5.32 Å². The first kappa shape index (κ1) is 22.3. The third-order valence-corrected chi connectivity index (χ3v) is 6.81. The summed E-state index contributed by atoms with van der Waals surface area (Å²) in [4.78, 5) is 36.3. The standard InChI is InChI=1S/C25H25N3O5/c1-14-22(25(14)13-33-20-9-8-17(11-18(20)25)23(31)27-2)24(32)28-19-10-15(12-26)6-7-16(19)4-3-5-21(29)30/h6-11,14,22H,3-5,13H2,1-2H3,(H,27,31)(H,28,32)(H,29,30)/t14-,22-,25-/m0/s1. The maximum Gasteiger partial charge on any atom is 0.303 e. The molecule has 1 fully saturated rings. The van der Waals surface area contributed by atoms with Crippen molar-refractivity contribution < 1.29 is 24.2 Å². The van der Waals surface area contributed by atoms with Crippen LogP contribution in [0.25, 0.3) is 0 Å². The van der Waals surface area contributed by atoms with E-state index in [9.17, 15) is 19.6 Å². The van der Waals surface area contributed by atoms with Crippen LogP contribution in [-0.4, -0.2) is 36.5 Å². The molecule has 3 atom stereocenters. The second-order valence-electron chi connectivity index (χ2n) is 8.61. The smallest absolute Gasteiger partial charge is 0.303 e. The summed E-state index contributed by atoms with van der Waals surface area (Å²) in [6.07, 6.45) is 0.926. The summed E-state index contributed by atoms with van der Waals surface area (Å²) in [5.74, 6) is -0.915. The van der Waals surface area contributed by atoms with Crippen molar-refractivity contribution in [2.45, 2.75) is 31.6 Å². The number of carboxylic acid groups (broad SMARTS) is 1. The molecule has 0 bridgehead atoms. The van der Waals surface area contributed by atoms with Gasteiger partial charge in [-0.15, -0.1) is 0 Å². The lowest BCUT2D eigenvalue weighted by atomic mass is 9.92.